The molecule has 0 radical (unpaired) electrons. The summed E-state index contributed by atoms with van der Waals surface area (Å²) in [5.41, 5.74) is 2.21. The zero-order chi connectivity index (χ0) is 13.1. The van der Waals surface area contributed by atoms with Crippen LogP contribution in [0.5, 0.6) is 0 Å². The van der Waals surface area contributed by atoms with Gasteiger partial charge in [-0.2, -0.15) is 0 Å². The number of piperazine rings is 1. The van der Waals surface area contributed by atoms with Gasteiger partial charge in [0.25, 0.3) is 0 Å². The maximum atomic E-state index is 12.2. The normalized spacial score (nSPS) is 15.9. The van der Waals surface area contributed by atoms with Gasteiger partial charge in [-0.25, -0.2) is 0 Å². The van der Waals surface area contributed by atoms with Crippen LogP contribution in [0.25, 0.3) is 0 Å². The van der Waals surface area contributed by atoms with E-state index in [1.165, 1.54) is 0 Å². The van der Waals surface area contributed by atoms with Gasteiger partial charge in [0.05, 0.1) is 0 Å². The van der Waals surface area contributed by atoms with E-state index >= 15 is 0 Å². The summed E-state index contributed by atoms with van der Waals surface area (Å²) in [5, 5.41) is 0. The number of hydrogen-bond acceptors (Lipinski definition) is 2. The molecular weight excluding hydrogens is 230 g/mol. The Morgan fingerprint density at radius 1 is 1.17 bits per heavy atom. The Kier molecular flexibility index (Phi) is 3.69. The van der Waals surface area contributed by atoms with E-state index < -0.39 is 0 Å². The quantitative estimate of drug-likeness (QED) is 0.728. The lowest BCUT2D eigenvalue weighted by atomic mass is 10.3. The molecule has 0 unspecified atom stereocenters. The second kappa shape index (κ2) is 5.25. The van der Waals surface area contributed by atoms with Crippen molar-refractivity contribution in [2.45, 2.75) is 20.4 Å². The first-order valence-electron chi connectivity index (χ1n) is 6.21. The van der Waals surface area contributed by atoms with Crippen LogP contribution in [0.15, 0.2) is 12.1 Å². The summed E-state index contributed by atoms with van der Waals surface area (Å²) in [5.74, 6) is 0.128. The molecule has 1 aromatic heterocycles. The Morgan fingerprint density at radius 3 is 2.22 bits per heavy atom. The predicted octanol–water partition coefficient (Wildman–Crippen LogP) is 0.406. The van der Waals surface area contributed by atoms with E-state index in [0.717, 1.165) is 17.8 Å². The number of carbonyl (C=O) groups is 2. The van der Waals surface area contributed by atoms with E-state index in [2.05, 4.69) is 0 Å². The zero-order valence-electron chi connectivity index (χ0n) is 10.9. The first-order valence-corrected chi connectivity index (χ1v) is 6.21. The molecule has 2 rings (SSSR count). The molecule has 98 valence electrons. The fourth-order valence-corrected chi connectivity index (χ4v) is 2.26. The molecule has 0 spiro atoms. The minimum absolute atomic E-state index is 0.128. The third kappa shape index (κ3) is 2.55. The third-order valence-corrected chi connectivity index (χ3v) is 3.53. The summed E-state index contributed by atoms with van der Waals surface area (Å²) >= 11 is 0. The molecule has 5 heteroatoms. The molecular formula is C13H19N3O2. The average molecular weight is 249 g/mol. The van der Waals surface area contributed by atoms with Gasteiger partial charge in [0.15, 0.2) is 0 Å². The molecule has 1 aromatic rings. The van der Waals surface area contributed by atoms with Gasteiger partial charge in [-0.05, 0) is 26.0 Å². The van der Waals surface area contributed by atoms with Gasteiger partial charge >= 0.3 is 0 Å². The van der Waals surface area contributed by atoms with Crippen LogP contribution in [-0.2, 0) is 16.1 Å². The van der Waals surface area contributed by atoms with Gasteiger partial charge in [-0.15, -0.1) is 0 Å². The molecule has 0 aromatic carbocycles. The minimum Gasteiger partial charge on any atom is -0.342 e. The molecule has 0 saturated carbocycles. The van der Waals surface area contributed by atoms with Crippen molar-refractivity contribution in [1.29, 1.82) is 0 Å². The molecule has 1 fully saturated rings. The smallest absolute Gasteiger partial charge is 0.242 e. The monoisotopic (exact) mass is 249 g/mol. The summed E-state index contributed by atoms with van der Waals surface area (Å²) in [6, 6.07) is 4.04. The first-order chi connectivity index (χ1) is 8.61. The first kappa shape index (κ1) is 12.7. The van der Waals surface area contributed by atoms with Crippen LogP contribution in [0, 0.1) is 13.8 Å². The summed E-state index contributed by atoms with van der Waals surface area (Å²) in [6.45, 7) is 6.95. The van der Waals surface area contributed by atoms with Gasteiger partial charge in [0, 0.05) is 37.6 Å². The van der Waals surface area contributed by atoms with Crippen LogP contribution in [0.3, 0.4) is 0 Å². The SMILES string of the molecule is Cc1ccc(C)n1CC(=O)N1CCN(C=O)CC1. The Morgan fingerprint density at radius 2 is 1.72 bits per heavy atom. The summed E-state index contributed by atoms with van der Waals surface area (Å²) in [4.78, 5) is 26.3. The molecule has 0 aliphatic carbocycles. The molecule has 0 atom stereocenters. The van der Waals surface area contributed by atoms with Crippen molar-refractivity contribution in [3.63, 3.8) is 0 Å². The predicted molar refractivity (Wildman–Crippen MR) is 68.1 cm³/mol. The number of nitrogens with zero attached hydrogens (tertiary/aromatic N) is 3. The summed E-state index contributed by atoms with van der Waals surface area (Å²) in [6.07, 6.45) is 0.849. The van der Waals surface area contributed by atoms with Gasteiger partial charge in [-0.3, -0.25) is 9.59 Å². The minimum atomic E-state index is 0.128. The molecule has 18 heavy (non-hydrogen) atoms. The van der Waals surface area contributed by atoms with Gasteiger partial charge in [0.2, 0.25) is 12.3 Å². The van der Waals surface area contributed by atoms with Gasteiger partial charge in [0.1, 0.15) is 6.54 Å². The van der Waals surface area contributed by atoms with Crippen LogP contribution >= 0.6 is 0 Å². The molecule has 2 heterocycles. The van der Waals surface area contributed by atoms with Crippen LogP contribution in [-0.4, -0.2) is 52.9 Å². The van der Waals surface area contributed by atoms with E-state index in [1.54, 1.807) is 4.90 Å². The molecule has 1 aliphatic heterocycles. The average Bonchev–Trinajstić information content (AvgIpc) is 2.70. The molecule has 0 bridgehead atoms. The van der Waals surface area contributed by atoms with Crippen LogP contribution in [0.4, 0.5) is 0 Å². The van der Waals surface area contributed by atoms with Crippen molar-refractivity contribution < 1.29 is 9.59 Å². The maximum absolute atomic E-state index is 12.2. The highest BCUT2D eigenvalue weighted by molar-refractivity contribution is 5.76. The maximum Gasteiger partial charge on any atom is 0.242 e. The molecule has 2 amide bonds. The Balaban J connectivity index is 1.95. The van der Waals surface area contributed by atoms with Gasteiger partial charge < -0.3 is 14.4 Å². The highest BCUT2D eigenvalue weighted by atomic mass is 16.2. The lowest BCUT2D eigenvalue weighted by Gasteiger charge is -2.32. The molecule has 5 nitrogen and oxygen atoms in total. The topological polar surface area (TPSA) is 45.6 Å². The Labute approximate surface area is 107 Å². The van der Waals surface area contributed by atoms with Crippen molar-refractivity contribution in [3.8, 4) is 0 Å². The number of carbonyl (C=O) groups excluding carboxylic acids is 2. The van der Waals surface area contributed by atoms with Crippen molar-refractivity contribution in [3.05, 3.63) is 23.5 Å². The highest BCUT2D eigenvalue weighted by Gasteiger charge is 2.20. The number of aromatic nitrogens is 1. The number of amides is 2. The van der Waals surface area contributed by atoms with Crippen molar-refractivity contribution in [1.82, 2.24) is 14.4 Å². The van der Waals surface area contributed by atoms with Crippen LogP contribution in [0.1, 0.15) is 11.4 Å². The van der Waals surface area contributed by atoms with Crippen molar-refractivity contribution in [2.75, 3.05) is 26.2 Å². The molecule has 1 saturated heterocycles. The number of aryl methyl sites for hydroxylation is 2. The van der Waals surface area contributed by atoms with Crippen molar-refractivity contribution in [2.24, 2.45) is 0 Å². The summed E-state index contributed by atoms with van der Waals surface area (Å²) in [7, 11) is 0. The van der Waals surface area contributed by atoms with Crippen LogP contribution in [0.2, 0.25) is 0 Å². The fraction of sp³-hybridized carbons (Fsp3) is 0.538. The zero-order valence-corrected chi connectivity index (χ0v) is 10.9. The Hall–Kier alpha value is -1.78. The largest absolute Gasteiger partial charge is 0.342 e. The molecule has 0 N–H and O–H groups in total. The van der Waals surface area contributed by atoms with Crippen LogP contribution < -0.4 is 0 Å². The van der Waals surface area contributed by atoms with E-state index in [4.69, 9.17) is 0 Å². The Bertz CT molecular complexity index is 426. The standard InChI is InChI=1S/C13H19N3O2/c1-11-3-4-12(2)16(11)9-13(18)15-7-5-14(10-17)6-8-15/h3-4,10H,5-9H2,1-2H3. The third-order valence-electron chi connectivity index (χ3n) is 3.53. The second-order valence-electron chi connectivity index (χ2n) is 4.72. The molecule has 1 aliphatic rings. The fourth-order valence-electron chi connectivity index (χ4n) is 2.26. The van der Waals surface area contributed by atoms with Crippen molar-refractivity contribution >= 4 is 12.3 Å². The van der Waals surface area contributed by atoms with E-state index in [9.17, 15) is 9.59 Å². The number of rotatable bonds is 3. The second-order valence-corrected chi connectivity index (χ2v) is 4.72. The lowest BCUT2D eigenvalue weighted by Crippen LogP contribution is -2.49. The van der Waals surface area contributed by atoms with Gasteiger partial charge in [-0.1, -0.05) is 0 Å². The number of hydrogen-bond donors (Lipinski definition) is 0. The van der Waals surface area contributed by atoms with E-state index in [0.29, 0.717) is 32.7 Å². The lowest BCUT2D eigenvalue weighted by molar-refractivity contribution is -0.135. The van der Waals surface area contributed by atoms with E-state index in [-0.39, 0.29) is 5.91 Å². The summed E-state index contributed by atoms with van der Waals surface area (Å²) < 4.78 is 2.02. The highest BCUT2D eigenvalue weighted by Crippen LogP contribution is 2.09. The van der Waals surface area contributed by atoms with E-state index in [1.807, 2.05) is 35.4 Å².